The number of thiophene rings is 1. The Balaban J connectivity index is 1.69. The first kappa shape index (κ1) is 14.1. The van der Waals surface area contributed by atoms with Crippen molar-refractivity contribution in [2.45, 2.75) is 64.3 Å². The van der Waals surface area contributed by atoms with E-state index in [0.717, 1.165) is 11.8 Å². The molecule has 1 atom stereocenters. The highest BCUT2D eigenvalue weighted by atomic mass is 32.1. The summed E-state index contributed by atoms with van der Waals surface area (Å²) >= 11 is 1.86. The number of hydrogen-bond donors (Lipinski definition) is 1. The van der Waals surface area contributed by atoms with Gasteiger partial charge >= 0.3 is 0 Å². The summed E-state index contributed by atoms with van der Waals surface area (Å²) < 4.78 is 0. The minimum absolute atomic E-state index is 0.426. The maximum Gasteiger partial charge on any atom is 0.00706 e. The predicted molar refractivity (Wildman–Crippen MR) is 81.0 cm³/mol. The average molecular weight is 265 g/mol. The zero-order valence-electron chi connectivity index (χ0n) is 11.6. The lowest BCUT2D eigenvalue weighted by atomic mass is 9.76. The molecule has 2 N–H and O–H groups in total. The largest absolute Gasteiger partial charge is 0.327 e. The molecule has 1 saturated carbocycles. The molecule has 0 saturated heterocycles. The topological polar surface area (TPSA) is 26.0 Å². The van der Waals surface area contributed by atoms with Gasteiger partial charge in [0.15, 0.2) is 0 Å². The molecule has 1 unspecified atom stereocenters. The summed E-state index contributed by atoms with van der Waals surface area (Å²) in [6, 6.07) is 4.80. The standard InChI is InChI=1S/C16H27NS/c1-2-4-13-6-8-14(9-7-13)16(17)11-10-15-5-3-12-18-15/h3,5,12-14,16H,2,4,6-11,17H2,1H3. The van der Waals surface area contributed by atoms with E-state index in [9.17, 15) is 0 Å². The van der Waals surface area contributed by atoms with Gasteiger partial charge < -0.3 is 5.73 Å². The molecule has 102 valence electrons. The van der Waals surface area contributed by atoms with Crippen LogP contribution in [0.4, 0.5) is 0 Å². The Kier molecular flexibility index (Phi) is 5.71. The molecule has 1 aliphatic rings. The Labute approximate surface area is 116 Å². The lowest BCUT2D eigenvalue weighted by Gasteiger charge is -2.32. The van der Waals surface area contributed by atoms with Crippen molar-refractivity contribution >= 4 is 11.3 Å². The Hall–Kier alpha value is -0.340. The van der Waals surface area contributed by atoms with Gasteiger partial charge in [-0.05, 0) is 49.0 Å². The number of hydrogen-bond acceptors (Lipinski definition) is 2. The Bertz CT molecular complexity index is 312. The minimum atomic E-state index is 0.426. The van der Waals surface area contributed by atoms with Crippen LogP contribution in [0.2, 0.25) is 0 Å². The number of rotatable bonds is 6. The summed E-state index contributed by atoms with van der Waals surface area (Å²) in [5.74, 6) is 1.79. The Morgan fingerprint density at radius 2 is 2.11 bits per heavy atom. The van der Waals surface area contributed by atoms with Gasteiger partial charge in [0.2, 0.25) is 0 Å². The molecule has 1 aromatic rings. The maximum atomic E-state index is 6.39. The first-order valence-corrected chi connectivity index (χ1v) is 8.45. The van der Waals surface area contributed by atoms with Crippen molar-refractivity contribution in [3.63, 3.8) is 0 Å². The van der Waals surface area contributed by atoms with Gasteiger partial charge in [0.05, 0.1) is 0 Å². The van der Waals surface area contributed by atoms with Crippen LogP contribution >= 0.6 is 11.3 Å². The Morgan fingerprint density at radius 1 is 1.33 bits per heavy atom. The molecule has 1 aliphatic carbocycles. The zero-order chi connectivity index (χ0) is 12.8. The van der Waals surface area contributed by atoms with Gasteiger partial charge in [-0.3, -0.25) is 0 Å². The van der Waals surface area contributed by atoms with Crippen LogP contribution in [0.1, 0.15) is 56.7 Å². The summed E-state index contributed by atoms with van der Waals surface area (Å²) in [6.07, 6.45) is 10.7. The van der Waals surface area contributed by atoms with Crippen molar-refractivity contribution in [2.24, 2.45) is 17.6 Å². The van der Waals surface area contributed by atoms with Crippen molar-refractivity contribution in [2.75, 3.05) is 0 Å². The van der Waals surface area contributed by atoms with Crippen molar-refractivity contribution in [3.8, 4) is 0 Å². The molecule has 1 nitrogen and oxygen atoms in total. The number of aryl methyl sites for hydroxylation is 1. The summed E-state index contributed by atoms with van der Waals surface area (Å²) in [4.78, 5) is 1.49. The molecule has 0 amide bonds. The molecule has 1 heterocycles. The van der Waals surface area contributed by atoms with E-state index in [1.807, 2.05) is 11.3 Å². The molecule has 2 rings (SSSR count). The molecule has 0 aromatic carbocycles. The van der Waals surface area contributed by atoms with Crippen molar-refractivity contribution < 1.29 is 0 Å². The second-order valence-corrected chi connectivity index (χ2v) is 6.88. The van der Waals surface area contributed by atoms with Gasteiger partial charge in [-0.2, -0.15) is 0 Å². The predicted octanol–water partition coefficient (Wildman–Crippen LogP) is 4.61. The van der Waals surface area contributed by atoms with Crippen molar-refractivity contribution in [1.82, 2.24) is 0 Å². The first-order valence-electron chi connectivity index (χ1n) is 7.57. The van der Waals surface area contributed by atoms with E-state index in [0.29, 0.717) is 6.04 Å². The molecule has 2 heteroatoms. The molecule has 0 aliphatic heterocycles. The van der Waals surface area contributed by atoms with Crippen LogP contribution in [0.15, 0.2) is 17.5 Å². The van der Waals surface area contributed by atoms with Crippen LogP contribution in [0.5, 0.6) is 0 Å². The molecular weight excluding hydrogens is 238 g/mol. The van der Waals surface area contributed by atoms with Crippen molar-refractivity contribution in [3.05, 3.63) is 22.4 Å². The maximum absolute atomic E-state index is 6.39. The molecule has 1 aromatic heterocycles. The third-order valence-corrected chi connectivity index (χ3v) is 5.43. The molecule has 18 heavy (non-hydrogen) atoms. The molecular formula is C16H27NS. The summed E-state index contributed by atoms with van der Waals surface area (Å²) in [5, 5.41) is 2.16. The first-order chi connectivity index (χ1) is 8.79. The minimum Gasteiger partial charge on any atom is -0.327 e. The van der Waals surface area contributed by atoms with Gasteiger partial charge in [0, 0.05) is 10.9 Å². The fourth-order valence-corrected chi connectivity index (χ4v) is 4.04. The van der Waals surface area contributed by atoms with E-state index in [4.69, 9.17) is 5.73 Å². The monoisotopic (exact) mass is 265 g/mol. The Morgan fingerprint density at radius 3 is 2.72 bits per heavy atom. The lowest BCUT2D eigenvalue weighted by molar-refractivity contribution is 0.228. The van der Waals surface area contributed by atoms with E-state index in [1.54, 1.807) is 0 Å². The highest BCUT2D eigenvalue weighted by Crippen LogP contribution is 2.33. The van der Waals surface area contributed by atoms with Crippen LogP contribution in [0.3, 0.4) is 0 Å². The molecule has 0 radical (unpaired) electrons. The fraction of sp³-hybridized carbons (Fsp3) is 0.750. The SMILES string of the molecule is CCCC1CCC(C(N)CCc2cccs2)CC1. The van der Waals surface area contributed by atoms with E-state index in [-0.39, 0.29) is 0 Å². The quantitative estimate of drug-likeness (QED) is 0.798. The van der Waals surface area contributed by atoms with E-state index < -0.39 is 0 Å². The van der Waals surface area contributed by atoms with Gasteiger partial charge in [0.25, 0.3) is 0 Å². The van der Waals surface area contributed by atoms with Crippen LogP contribution in [-0.2, 0) is 6.42 Å². The number of nitrogens with two attached hydrogens (primary N) is 1. The molecule has 0 spiro atoms. The normalized spacial score (nSPS) is 26.1. The summed E-state index contributed by atoms with van der Waals surface area (Å²) in [6.45, 7) is 2.30. The second kappa shape index (κ2) is 7.30. The van der Waals surface area contributed by atoms with Crippen molar-refractivity contribution in [1.29, 1.82) is 0 Å². The lowest BCUT2D eigenvalue weighted by Crippen LogP contribution is -2.33. The highest BCUT2D eigenvalue weighted by Gasteiger charge is 2.24. The molecule has 1 fully saturated rings. The molecule has 0 bridgehead atoms. The van der Waals surface area contributed by atoms with E-state index in [1.165, 1.54) is 56.2 Å². The van der Waals surface area contributed by atoms with Crippen LogP contribution in [0.25, 0.3) is 0 Å². The van der Waals surface area contributed by atoms with Crippen LogP contribution in [-0.4, -0.2) is 6.04 Å². The average Bonchev–Trinajstić information content (AvgIpc) is 2.90. The fourth-order valence-electron chi connectivity index (χ4n) is 3.31. The third-order valence-electron chi connectivity index (χ3n) is 4.50. The second-order valence-electron chi connectivity index (χ2n) is 5.85. The van der Waals surface area contributed by atoms with Crippen LogP contribution in [0, 0.1) is 11.8 Å². The van der Waals surface area contributed by atoms with E-state index in [2.05, 4.69) is 24.4 Å². The van der Waals surface area contributed by atoms with Gasteiger partial charge in [0.1, 0.15) is 0 Å². The van der Waals surface area contributed by atoms with Gasteiger partial charge in [-0.25, -0.2) is 0 Å². The third kappa shape index (κ3) is 4.10. The zero-order valence-corrected chi connectivity index (χ0v) is 12.4. The highest BCUT2D eigenvalue weighted by molar-refractivity contribution is 7.09. The van der Waals surface area contributed by atoms with E-state index >= 15 is 0 Å². The summed E-state index contributed by atoms with van der Waals surface area (Å²) in [7, 11) is 0. The summed E-state index contributed by atoms with van der Waals surface area (Å²) in [5.41, 5.74) is 6.39. The van der Waals surface area contributed by atoms with Crippen LogP contribution < -0.4 is 5.73 Å². The smallest absolute Gasteiger partial charge is 0.00706 e. The van der Waals surface area contributed by atoms with Gasteiger partial charge in [-0.15, -0.1) is 11.3 Å². The van der Waals surface area contributed by atoms with Gasteiger partial charge in [-0.1, -0.05) is 38.7 Å².